The van der Waals surface area contributed by atoms with Crippen LogP contribution >= 0.6 is 0 Å². The normalized spacial score (nSPS) is 15.6. The highest BCUT2D eigenvalue weighted by Crippen LogP contribution is 2.39. The Kier molecular flexibility index (Phi) is 9.42. The Balaban J connectivity index is 1.68. The number of hydrogen-bond donors (Lipinski definition) is 0. The van der Waals surface area contributed by atoms with Gasteiger partial charge in [-0.3, -0.25) is 14.9 Å². The first-order chi connectivity index (χ1) is 19.9. The monoisotopic (exact) mass is 590 g/mol. The first kappa shape index (κ1) is 30.9. The van der Waals surface area contributed by atoms with Crippen molar-refractivity contribution in [3.8, 4) is 11.5 Å². The fraction of sp³-hybridized carbons (Fsp3) is 0.387. The number of nitro groups is 1. The molecule has 2 heterocycles. The maximum absolute atomic E-state index is 14.1. The summed E-state index contributed by atoms with van der Waals surface area (Å²) >= 11 is 0. The van der Waals surface area contributed by atoms with Crippen LogP contribution in [0.5, 0.6) is 11.5 Å². The van der Waals surface area contributed by atoms with Crippen molar-refractivity contribution in [1.82, 2.24) is 14.9 Å². The van der Waals surface area contributed by atoms with Crippen LogP contribution in [0.25, 0.3) is 5.57 Å². The van der Waals surface area contributed by atoms with E-state index in [1.807, 2.05) is 36.4 Å². The van der Waals surface area contributed by atoms with E-state index < -0.39 is 25.2 Å². The second-order valence-corrected chi connectivity index (χ2v) is 16.6. The maximum Gasteiger partial charge on any atom is 0.286 e. The molecular weight excluding hydrogens is 552 g/mol. The second kappa shape index (κ2) is 12.8. The number of rotatable bonds is 10. The third-order valence-corrected chi connectivity index (χ3v) is 12.5. The summed E-state index contributed by atoms with van der Waals surface area (Å²) in [6.07, 6.45) is 7.49. The van der Waals surface area contributed by atoms with Crippen LogP contribution in [0.1, 0.15) is 48.7 Å². The molecule has 11 heteroatoms. The van der Waals surface area contributed by atoms with Gasteiger partial charge in [0.05, 0.1) is 30.7 Å². The molecule has 1 amide bonds. The molecule has 0 spiro atoms. The molecule has 10 nitrogen and oxygen atoms in total. The SMILES string of the molecule is COc1cc(C(=O)N2CCC(c3cncnc3)=CC2CO[Si](C)(C)C(C)(C)C)c([N+](=O)[O-])cc1OCc1ccccc1. The average Bonchev–Trinajstić information content (AvgIpc) is 2.98. The number of aromatic nitrogens is 2. The molecule has 0 saturated heterocycles. The molecule has 1 unspecified atom stereocenters. The number of methoxy groups -OCH3 is 1. The smallest absolute Gasteiger partial charge is 0.286 e. The molecule has 222 valence electrons. The number of benzene rings is 2. The third-order valence-electron chi connectivity index (χ3n) is 7.98. The molecule has 1 aliphatic rings. The lowest BCUT2D eigenvalue weighted by Gasteiger charge is -2.40. The van der Waals surface area contributed by atoms with Crippen LogP contribution in [0, 0.1) is 10.1 Å². The van der Waals surface area contributed by atoms with Gasteiger partial charge in [0, 0.05) is 30.6 Å². The van der Waals surface area contributed by atoms with Crippen LogP contribution < -0.4 is 9.47 Å². The first-order valence-corrected chi connectivity index (χ1v) is 16.8. The predicted octanol–water partition coefficient (Wildman–Crippen LogP) is 6.29. The van der Waals surface area contributed by atoms with Crippen LogP contribution in [0.15, 0.2) is 67.3 Å². The lowest BCUT2D eigenvalue weighted by atomic mass is 9.97. The van der Waals surface area contributed by atoms with Crippen LogP contribution in [0.3, 0.4) is 0 Å². The van der Waals surface area contributed by atoms with E-state index in [0.29, 0.717) is 13.0 Å². The van der Waals surface area contributed by atoms with Crippen LogP contribution in [-0.4, -0.2) is 60.3 Å². The van der Waals surface area contributed by atoms with Gasteiger partial charge in [-0.1, -0.05) is 57.2 Å². The van der Waals surface area contributed by atoms with Crippen molar-refractivity contribution in [2.45, 2.75) is 58.0 Å². The van der Waals surface area contributed by atoms with Crippen molar-refractivity contribution in [2.24, 2.45) is 0 Å². The lowest BCUT2D eigenvalue weighted by molar-refractivity contribution is -0.385. The van der Waals surface area contributed by atoms with Gasteiger partial charge in [-0.05, 0) is 35.7 Å². The third kappa shape index (κ3) is 7.03. The molecule has 0 aliphatic carbocycles. The first-order valence-electron chi connectivity index (χ1n) is 13.9. The van der Waals surface area contributed by atoms with Crippen molar-refractivity contribution in [2.75, 3.05) is 20.3 Å². The van der Waals surface area contributed by atoms with Crippen molar-refractivity contribution < 1.29 is 23.6 Å². The maximum atomic E-state index is 14.1. The summed E-state index contributed by atoms with van der Waals surface area (Å²) in [7, 11) is -0.716. The summed E-state index contributed by atoms with van der Waals surface area (Å²) in [4.78, 5) is 35.7. The molecule has 1 aromatic heterocycles. The van der Waals surface area contributed by atoms with Gasteiger partial charge >= 0.3 is 0 Å². The molecule has 0 bridgehead atoms. The minimum atomic E-state index is -2.16. The molecule has 2 aromatic carbocycles. The van der Waals surface area contributed by atoms with Gasteiger partial charge in [-0.15, -0.1) is 0 Å². The predicted molar refractivity (Wildman–Crippen MR) is 163 cm³/mol. The van der Waals surface area contributed by atoms with Gasteiger partial charge in [0.2, 0.25) is 0 Å². The highest BCUT2D eigenvalue weighted by Gasteiger charge is 2.39. The van der Waals surface area contributed by atoms with E-state index in [1.165, 1.54) is 25.6 Å². The van der Waals surface area contributed by atoms with E-state index in [9.17, 15) is 14.9 Å². The Morgan fingerprint density at radius 3 is 2.43 bits per heavy atom. The Morgan fingerprint density at radius 1 is 1.12 bits per heavy atom. The fourth-order valence-corrected chi connectivity index (χ4v) is 5.47. The average molecular weight is 591 g/mol. The molecule has 0 radical (unpaired) electrons. The number of carbonyl (C=O) groups excluding carboxylic acids is 1. The number of amides is 1. The molecule has 42 heavy (non-hydrogen) atoms. The molecule has 0 N–H and O–H groups in total. The molecule has 1 atom stereocenters. The number of nitro benzene ring substituents is 1. The quantitative estimate of drug-likeness (QED) is 0.154. The standard InChI is InChI=1S/C31H38N4O6Si/c1-31(2,3)42(5,6)41-20-25-14-23(24-17-32-21-33-18-24)12-13-34(25)30(36)26-15-28(39-4)29(16-27(26)35(37)38)40-19-22-10-8-7-9-11-22/h7-11,14-18,21,25H,12-13,19-20H2,1-6H3. The van der Waals surface area contributed by atoms with E-state index in [0.717, 1.165) is 16.7 Å². The second-order valence-electron chi connectivity index (χ2n) is 11.8. The van der Waals surface area contributed by atoms with Crippen molar-refractivity contribution in [3.05, 3.63) is 94.1 Å². The lowest BCUT2D eigenvalue weighted by Crippen LogP contribution is -2.49. The zero-order chi connectivity index (χ0) is 30.5. The minimum absolute atomic E-state index is 0.0297. The van der Waals surface area contributed by atoms with Gasteiger partial charge in [0.1, 0.15) is 18.5 Å². The number of ether oxygens (including phenoxy) is 2. The van der Waals surface area contributed by atoms with E-state index >= 15 is 0 Å². The fourth-order valence-electron chi connectivity index (χ4n) is 4.45. The molecule has 0 saturated carbocycles. The molecule has 1 aliphatic heterocycles. The largest absolute Gasteiger partial charge is 0.493 e. The highest BCUT2D eigenvalue weighted by molar-refractivity contribution is 6.74. The van der Waals surface area contributed by atoms with E-state index in [-0.39, 0.29) is 41.0 Å². The van der Waals surface area contributed by atoms with Gasteiger partial charge in [-0.2, -0.15) is 0 Å². The van der Waals surface area contributed by atoms with Gasteiger partial charge in [0.15, 0.2) is 19.8 Å². The van der Waals surface area contributed by atoms with Crippen LogP contribution in [0.2, 0.25) is 18.1 Å². The van der Waals surface area contributed by atoms with Gasteiger partial charge in [0.25, 0.3) is 11.6 Å². The van der Waals surface area contributed by atoms with Crippen molar-refractivity contribution >= 4 is 25.5 Å². The van der Waals surface area contributed by atoms with E-state index in [4.69, 9.17) is 13.9 Å². The zero-order valence-electron chi connectivity index (χ0n) is 25.0. The van der Waals surface area contributed by atoms with E-state index in [1.54, 1.807) is 17.3 Å². The topological polar surface area (TPSA) is 117 Å². The summed E-state index contributed by atoms with van der Waals surface area (Å²) in [6, 6.07) is 11.7. The summed E-state index contributed by atoms with van der Waals surface area (Å²) in [6.45, 7) is 11.6. The molecule has 3 aromatic rings. The molecular formula is C31H38N4O6Si. The summed E-state index contributed by atoms with van der Waals surface area (Å²) in [5.74, 6) is -0.0472. The van der Waals surface area contributed by atoms with Crippen molar-refractivity contribution in [3.63, 3.8) is 0 Å². The number of nitrogens with zero attached hydrogens (tertiary/aromatic N) is 4. The number of hydrogen-bond acceptors (Lipinski definition) is 8. The zero-order valence-corrected chi connectivity index (χ0v) is 26.0. The summed E-state index contributed by atoms with van der Waals surface area (Å²) in [5.41, 5.74) is 2.35. The highest BCUT2D eigenvalue weighted by atomic mass is 28.4. The minimum Gasteiger partial charge on any atom is -0.493 e. The molecule has 0 fully saturated rings. The Labute approximate surface area is 247 Å². The Bertz CT molecular complexity index is 1440. The van der Waals surface area contributed by atoms with Crippen LogP contribution in [-0.2, 0) is 11.0 Å². The van der Waals surface area contributed by atoms with Crippen molar-refractivity contribution in [1.29, 1.82) is 0 Å². The number of carbonyl (C=O) groups is 1. The van der Waals surface area contributed by atoms with E-state index in [2.05, 4.69) is 43.8 Å². The van der Waals surface area contributed by atoms with Gasteiger partial charge in [-0.25, -0.2) is 9.97 Å². The Hall–Kier alpha value is -4.09. The Morgan fingerprint density at radius 2 is 1.81 bits per heavy atom. The summed E-state index contributed by atoms with van der Waals surface area (Å²) in [5, 5.41) is 12.2. The summed E-state index contributed by atoms with van der Waals surface area (Å²) < 4.78 is 17.9. The molecule has 4 rings (SSSR count). The van der Waals surface area contributed by atoms with Crippen LogP contribution in [0.4, 0.5) is 5.69 Å². The van der Waals surface area contributed by atoms with Gasteiger partial charge < -0.3 is 18.8 Å².